The minimum atomic E-state index is 0.363. The lowest BCUT2D eigenvalue weighted by Gasteiger charge is -2.23. The largest absolute Gasteiger partial charge is 0.384 e. The van der Waals surface area contributed by atoms with Crippen LogP contribution in [-0.2, 0) is 0 Å². The second-order valence-electron chi connectivity index (χ2n) is 5.04. The third kappa shape index (κ3) is 3.25. The average molecular weight is 252 g/mol. The number of anilines is 2. The molecule has 5 heteroatoms. The molecule has 0 saturated carbocycles. The maximum atomic E-state index is 5.78. The van der Waals surface area contributed by atoms with Crippen LogP contribution in [-0.4, -0.2) is 33.6 Å². The summed E-state index contributed by atoms with van der Waals surface area (Å²) in [6.07, 6.45) is 1.17. The number of aromatic nitrogens is 2. The zero-order chi connectivity index (χ0) is 12.5. The molecule has 0 spiro atoms. The SMILES string of the molecule is Cc1nc(N)cc(N2CCSC(C)(C)CC2)n1. The molecule has 0 amide bonds. The van der Waals surface area contributed by atoms with Gasteiger partial charge in [0.15, 0.2) is 0 Å². The van der Waals surface area contributed by atoms with Gasteiger partial charge >= 0.3 is 0 Å². The Balaban J connectivity index is 2.17. The molecule has 1 aliphatic rings. The summed E-state index contributed by atoms with van der Waals surface area (Å²) >= 11 is 2.03. The van der Waals surface area contributed by atoms with Gasteiger partial charge in [0.25, 0.3) is 0 Å². The molecule has 1 aliphatic heterocycles. The Bertz CT molecular complexity index is 385. The number of thioether (sulfide) groups is 1. The molecule has 2 N–H and O–H groups in total. The van der Waals surface area contributed by atoms with Gasteiger partial charge in [-0.15, -0.1) is 0 Å². The predicted octanol–water partition coefficient (Wildman–Crippen LogP) is 2.09. The molecule has 0 unspecified atom stereocenters. The van der Waals surface area contributed by atoms with E-state index in [9.17, 15) is 0 Å². The van der Waals surface area contributed by atoms with Crippen LogP contribution in [0.25, 0.3) is 0 Å². The third-order valence-corrected chi connectivity index (χ3v) is 4.38. The molecule has 1 aromatic rings. The van der Waals surface area contributed by atoms with Gasteiger partial charge in [-0.1, -0.05) is 13.8 Å². The highest BCUT2D eigenvalue weighted by molar-refractivity contribution is 8.00. The number of hydrogen-bond acceptors (Lipinski definition) is 5. The first-order chi connectivity index (χ1) is 7.96. The highest BCUT2D eigenvalue weighted by Crippen LogP contribution is 2.32. The summed E-state index contributed by atoms with van der Waals surface area (Å²) in [5.74, 6) is 3.41. The molecule has 2 rings (SSSR count). The smallest absolute Gasteiger partial charge is 0.134 e. The van der Waals surface area contributed by atoms with Crippen molar-refractivity contribution in [3.63, 3.8) is 0 Å². The fourth-order valence-electron chi connectivity index (χ4n) is 1.99. The lowest BCUT2D eigenvalue weighted by Crippen LogP contribution is -2.28. The monoisotopic (exact) mass is 252 g/mol. The topological polar surface area (TPSA) is 55.0 Å². The minimum absolute atomic E-state index is 0.363. The first-order valence-corrected chi connectivity index (χ1v) is 6.95. The Morgan fingerprint density at radius 1 is 1.35 bits per heavy atom. The highest BCUT2D eigenvalue weighted by Gasteiger charge is 2.24. The van der Waals surface area contributed by atoms with Gasteiger partial charge in [-0.2, -0.15) is 11.8 Å². The first kappa shape index (κ1) is 12.5. The van der Waals surface area contributed by atoms with E-state index in [1.165, 1.54) is 6.42 Å². The number of hydrogen-bond donors (Lipinski definition) is 1. The van der Waals surface area contributed by atoms with E-state index in [1.807, 2.05) is 24.8 Å². The zero-order valence-electron chi connectivity index (χ0n) is 10.7. The summed E-state index contributed by atoms with van der Waals surface area (Å²) in [5.41, 5.74) is 5.78. The van der Waals surface area contributed by atoms with Crippen molar-refractivity contribution in [3.05, 3.63) is 11.9 Å². The van der Waals surface area contributed by atoms with Gasteiger partial charge in [-0.25, -0.2) is 9.97 Å². The van der Waals surface area contributed by atoms with Crippen molar-refractivity contribution in [1.82, 2.24) is 9.97 Å². The van der Waals surface area contributed by atoms with Crippen molar-refractivity contribution in [2.75, 3.05) is 29.5 Å². The molecular formula is C12H20N4S. The van der Waals surface area contributed by atoms with Crippen molar-refractivity contribution in [1.29, 1.82) is 0 Å². The van der Waals surface area contributed by atoms with Gasteiger partial charge in [0.05, 0.1) is 0 Å². The van der Waals surface area contributed by atoms with Crippen LogP contribution < -0.4 is 10.6 Å². The summed E-state index contributed by atoms with van der Waals surface area (Å²) in [5, 5.41) is 0. The molecule has 0 aromatic carbocycles. The second kappa shape index (κ2) is 4.72. The fourth-order valence-corrected chi connectivity index (χ4v) is 3.09. The van der Waals surface area contributed by atoms with Crippen molar-refractivity contribution >= 4 is 23.4 Å². The third-order valence-electron chi connectivity index (χ3n) is 3.01. The van der Waals surface area contributed by atoms with Crippen LogP contribution in [0.4, 0.5) is 11.6 Å². The van der Waals surface area contributed by atoms with Crippen LogP contribution in [0.15, 0.2) is 6.07 Å². The Morgan fingerprint density at radius 2 is 2.12 bits per heavy atom. The van der Waals surface area contributed by atoms with Crippen LogP contribution in [0.1, 0.15) is 26.1 Å². The van der Waals surface area contributed by atoms with E-state index >= 15 is 0 Å². The second-order valence-corrected chi connectivity index (χ2v) is 6.85. The Kier molecular flexibility index (Phi) is 3.47. The lowest BCUT2D eigenvalue weighted by atomic mass is 10.1. The number of nitrogen functional groups attached to an aromatic ring is 1. The quantitative estimate of drug-likeness (QED) is 0.829. The van der Waals surface area contributed by atoms with Crippen LogP contribution in [0.5, 0.6) is 0 Å². The van der Waals surface area contributed by atoms with E-state index in [0.29, 0.717) is 10.6 Å². The molecule has 0 bridgehead atoms. The zero-order valence-corrected chi connectivity index (χ0v) is 11.5. The van der Waals surface area contributed by atoms with Gasteiger partial charge in [-0.05, 0) is 13.3 Å². The first-order valence-electron chi connectivity index (χ1n) is 5.96. The van der Waals surface area contributed by atoms with E-state index in [4.69, 9.17) is 5.73 Å². The molecule has 0 radical (unpaired) electrons. The molecule has 1 fully saturated rings. The predicted molar refractivity (Wildman–Crippen MR) is 74.5 cm³/mol. The normalized spacial score (nSPS) is 20.1. The number of nitrogens with zero attached hydrogens (tertiary/aromatic N) is 3. The number of rotatable bonds is 1. The molecular weight excluding hydrogens is 232 g/mol. The van der Waals surface area contributed by atoms with E-state index in [1.54, 1.807) is 0 Å². The Morgan fingerprint density at radius 3 is 2.82 bits per heavy atom. The standard InChI is InChI=1S/C12H20N4S/c1-9-14-10(13)8-11(15-9)16-5-4-12(2,3)17-7-6-16/h8H,4-7H2,1-3H3,(H2,13,14,15). The molecule has 0 atom stereocenters. The highest BCUT2D eigenvalue weighted by atomic mass is 32.2. The Labute approximate surface area is 107 Å². The molecule has 94 valence electrons. The fraction of sp³-hybridized carbons (Fsp3) is 0.667. The van der Waals surface area contributed by atoms with Crippen LogP contribution >= 0.6 is 11.8 Å². The summed E-state index contributed by atoms with van der Waals surface area (Å²) < 4.78 is 0.363. The maximum Gasteiger partial charge on any atom is 0.134 e. The van der Waals surface area contributed by atoms with E-state index in [2.05, 4.69) is 28.7 Å². The van der Waals surface area contributed by atoms with Crippen molar-refractivity contribution in [2.45, 2.75) is 31.9 Å². The maximum absolute atomic E-state index is 5.78. The van der Waals surface area contributed by atoms with E-state index in [-0.39, 0.29) is 0 Å². The van der Waals surface area contributed by atoms with Crippen LogP contribution in [0.3, 0.4) is 0 Å². The molecule has 17 heavy (non-hydrogen) atoms. The Hall–Kier alpha value is -0.970. The molecule has 4 nitrogen and oxygen atoms in total. The van der Waals surface area contributed by atoms with E-state index < -0.39 is 0 Å². The minimum Gasteiger partial charge on any atom is -0.384 e. The number of nitrogens with two attached hydrogens (primary N) is 1. The van der Waals surface area contributed by atoms with Gasteiger partial charge in [0.1, 0.15) is 17.5 Å². The summed E-state index contributed by atoms with van der Waals surface area (Å²) in [7, 11) is 0. The van der Waals surface area contributed by atoms with Crippen molar-refractivity contribution < 1.29 is 0 Å². The average Bonchev–Trinajstić information content (AvgIpc) is 2.38. The van der Waals surface area contributed by atoms with Gasteiger partial charge in [0, 0.05) is 29.7 Å². The van der Waals surface area contributed by atoms with Crippen molar-refractivity contribution in [2.24, 2.45) is 0 Å². The van der Waals surface area contributed by atoms with E-state index in [0.717, 1.165) is 30.5 Å². The molecule has 2 heterocycles. The van der Waals surface area contributed by atoms with Crippen molar-refractivity contribution in [3.8, 4) is 0 Å². The summed E-state index contributed by atoms with van der Waals surface area (Å²) in [6.45, 7) is 8.57. The van der Waals surface area contributed by atoms with Crippen LogP contribution in [0, 0.1) is 6.92 Å². The molecule has 1 saturated heterocycles. The summed E-state index contributed by atoms with van der Waals surface area (Å²) in [6, 6.07) is 1.87. The molecule has 0 aliphatic carbocycles. The molecule has 1 aromatic heterocycles. The van der Waals surface area contributed by atoms with Crippen LogP contribution in [0.2, 0.25) is 0 Å². The van der Waals surface area contributed by atoms with Gasteiger partial charge in [0.2, 0.25) is 0 Å². The summed E-state index contributed by atoms with van der Waals surface area (Å²) in [4.78, 5) is 10.9. The van der Waals surface area contributed by atoms with Gasteiger partial charge in [-0.3, -0.25) is 0 Å². The lowest BCUT2D eigenvalue weighted by molar-refractivity contribution is 0.634. The van der Waals surface area contributed by atoms with Gasteiger partial charge < -0.3 is 10.6 Å². The number of aryl methyl sites for hydroxylation is 1.